The lowest BCUT2D eigenvalue weighted by atomic mass is 10.0. The predicted molar refractivity (Wildman–Crippen MR) is 157 cm³/mol. The van der Waals surface area contributed by atoms with Crippen molar-refractivity contribution in [3.63, 3.8) is 0 Å². The fourth-order valence-corrected chi connectivity index (χ4v) is 6.43. The Morgan fingerprint density at radius 2 is 1.57 bits per heavy atom. The van der Waals surface area contributed by atoms with Crippen LogP contribution in [0.2, 0.25) is 5.02 Å². The van der Waals surface area contributed by atoms with Crippen molar-refractivity contribution < 1.29 is 18.0 Å². The van der Waals surface area contributed by atoms with E-state index in [4.69, 9.17) is 11.6 Å². The third-order valence-corrected chi connectivity index (χ3v) is 9.10. The monoisotopic (exact) mass is 579 g/mol. The highest BCUT2D eigenvalue weighted by molar-refractivity contribution is 7.89. The minimum Gasteiger partial charge on any atom is -0.351 e. The molecule has 0 spiro atoms. The van der Waals surface area contributed by atoms with Crippen LogP contribution in [0, 0.1) is 0 Å². The third kappa shape index (κ3) is 7.38. The molecule has 0 aromatic heterocycles. The van der Waals surface area contributed by atoms with E-state index in [2.05, 4.69) is 11.9 Å². The van der Waals surface area contributed by atoms with Crippen LogP contribution in [0.4, 0.5) is 0 Å². The van der Waals surface area contributed by atoms with Gasteiger partial charge in [-0.3, -0.25) is 9.59 Å². The molecule has 40 heavy (non-hydrogen) atoms. The second-order valence-corrected chi connectivity index (χ2v) is 12.1. The van der Waals surface area contributed by atoms with Gasteiger partial charge in [-0.2, -0.15) is 4.31 Å². The number of hydrogen-bond acceptors (Lipinski definition) is 4. The van der Waals surface area contributed by atoms with Gasteiger partial charge in [-0.25, -0.2) is 8.42 Å². The molecule has 0 aliphatic carbocycles. The molecule has 9 heteroatoms. The first-order valence-electron chi connectivity index (χ1n) is 13.4. The average Bonchev–Trinajstić information content (AvgIpc) is 3.53. The van der Waals surface area contributed by atoms with Crippen molar-refractivity contribution in [3.8, 4) is 0 Å². The van der Waals surface area contributed by atoms with Crippen molar-refractivity contribution in [2.45, 2.75) is 43.2 Å². The third-order valence-electron chi connectivity index (χ3n) is 6.94. The molecule has 1 aliphatic rings. The van der Waals surface area contributed by atoms with Gasteiger partial charge in [-0.1, -0.05) is 72.3 Å². The molecular weight excluding hydrogens is 546 g/mol. The minimum absolute atomic E-state index is 0.143. The molecule has 7 nitrogen and oxygen atoms in total. The normalized spacial score (nSPS) is 14.4. The van der Waals surface area contributed by atoms with E-state index in [-0.39, 0.29) is 36.2 Å². The van der Waals surface area contributed by atoms with Gasteiger partial charge < -0.3 is 10.2 Å². The summed E-state index contributed by atoms with van der Waals surface area (Å²) < 4.78 is 27.2. The Morgan fingerprint density at radius 1 is 0.950 bits per heavy atom. The van der Waals surface area contributed by atoms with Gasteiger partial charge in [0, 0.05) is 37.6 Å². The lowest BCUT2D eigenvalue weighted by molar-refractivity contribution is -0.141. The molecule has 0 saturated carbocycles. The highest BCUT2D eigenvalue weighted by Gasteiger charge is 2.31. The maximum atomic E-state index is 13.8. The van der Waals surface area contributed by atoms with Gasteiger partial charge in [-0.15, -0.1) is 6.58 Å². The van der Waals surface area contributed by atoms with Crippen LogP contribution in [0.25, 0.3) is 0 Å². The molecule has 1 fully saturated rings. The zero-order valence-corrected chi connectivity index (χ0v) is 23.9. The highest BCUT2D eigenvalue weighted by Crippen LogP contribution is 2.26. The summed E-state index contributed by atoms with van der Waals surface area (Å²) in [6, 6.07) is 22.3. The predicted octanol–water partition coefficient (Wildman–Crippen LogP) is 5.13. The second kappa shape index (κ2) is 13.7. The first kappa shape index (κ1) is 29.5. The zero-order chi connectivity index (χ0) is 28.5. The standard InChI is InChI=1S/C31H34ClN3O4S/c1-2-20-33-31(37)30(26-8-4-3-5-9-26)35(23-25-10-15-27(32)16-11-25)29(36)19-14-24-12-17-28(18-13-24)40(38,39)34-21-6-7-22-34/h2-5,8-13,15-18,30H,1,6-7,14,19-23H2,(H,33,37)/t30-/m1/s1. The van der Waals surface area contributed by atoms with E-state index in [1.54, 1.807) is 47.4 Å². The number of sulfonamides is 1. The number of nitrogens with zero attached hydrogens (tertiary/aromatic N) is 2. The molecule has 4 rings (SSSR count). The molecular formula is C31H34ClN3O4S. The van der Waals surface area contributed by atoms with Crippen LogP contribution in [0.15, 0.2) is 96.4 Å². The lowest BCUT2D eigenvalue weighted by Crippen LogP contribution is -2.43. The summed E-state index contributed by atoms with van der Waals surface area (Å²) >= 11 is 6.08. The van der Waals surface area contributed by atoms with Crippen molar-refractivity contribution in [1.29, 1.82) is 0 Å². The molecule has 3 aromatic carbocycles. The Balaban J connectivity index is 1.56. The van der Waals surface area contributed by atoms with Crippen LogP contribution in [0.5, 0.6) is 0 Å². The van der Waals surface area contributed by atoms with E-state index in [0.717, 1.165) is 24.0 Å². The number of hydrogen-bond donors (Lipinski definition) is 1. The Morgan fingerprint density at radius 3 is 2.20 bits per heavy atom. The molecule has 210 valence electrons. The first-order valence-corrected chi connectivity index (χ1v) is 15.2. The first-order chi connectivity index (χ1) is 19.3. The van der Waals surface area contributed by atoms with Crippen molar-refractivity contribution in [1.82, 2.24) is 14.5 Å². The molecule has 2 amide bonds. The lowest BCUT2D eigenvalue weighted by Gasteiger charge is -2.31. The van der Waals surface area contributed by atoms with Crippen LogP contribution in [-0.4, -0.2) is 49.1 Å². The summed E-state index contributed by atoms with van der Waals surface area (Å²) in [5.74, 6) is -0.504. The summed E-state index contributed by atoms with van der Waals surface area (Å²) in [4.78, 5) is 29.0. The van der Waals surface area contributed by atoms with Gasteiger partial charge >= 0.3 is 0 Å². The fraction of sp³-hybridized carbons (Fsp3) is 0.290. The number of carbonyl (C=O) groups is 2. The topological polar surface area (TPSA) is 86.8 Å². The second-order valence-electron chi connectivity index (χ2n) is 9.75. The number of amides is 2. The Labute approximate surface area is 241 Å². The quantitative estimate of drug-likeness (QED) is 0.301. The number of benzene rings is 3. The molecule has 3 aromatic rings. The molecule has 0 bridgehead atoms. The van der Waals surface area contributed by atoms with Gasteiger partial charge in [0.15, 0.2) is 0 Å². The molecule has 1 N–H and O–H groups in total. The Hall–Kier alpha value is -3.46. The molecule has 1 saturated heterocycles. The van der Waals surface area contributed by atoms with E-state index in [0.29, 0.717) is 30.1 Å². The smallest absolute Gasteiger partial charge is 0.247 e. The average molecular weight is 580 g/mol. The van der Waals surface area contributed by atoms with E-state index in [1.165, 1.54) is 4.31 Å². The molecule has 0 unspecified atom stereocenters. The number of halogens is 1. The van der Waals surface area contributed by atoms with E-state index >= 15 is 0 Å². The Kier molecular flexibility index (Phi) is 10.1. The van der Waals surface area contributed by atoms with Crippen molar-refractivity contribution in [2.75, 3.05) is 19.6 Å². The SMILES string of the molecule is C=CCNC(=O)[C@@H](c1ccccc1)N(Cc1ccc(Cl)cc1)C(=O)CCc1ccc(S(=O)(=O)N2CCCC2)cc1. The zero-order valence-electron chi connectivity index (χ0n) is 22.3. The maximum Gasteiger partial charge on any atom is 0.247 e. The van der Waals surface area contributed by atoms with Gasteiger partial charge in [0.2, 0.25) is 21.8 Å². The minimum atomic E-state index is -3.50. The van der Waals surface area contributed by atoms with E-state index in [1.807, 2.05) is 42.5 Å². The molecule has 1 heterocycles. The van der Waals surface area contributed by atoms with Crippen LogP contribution in [-0.2, 0) is 32.6 Å². The summed E-state index contributed by atoms with van der Waals surface area (Å²) in [5.41, 5.74) is 2.38. The molecule has 1 atom stereocenters. The summed E-state index contributed by atoms with van der Waals surface area (Å²) in [6.07, 6.45) is 3.89. The molecule has 0 radical (unpaired) electrons. The Bertz CT molecular complexity index is 1410. The van der Waals surface area contributed by atoms with Gasteiger partial charge in [0.1, 0.15) is 6.04 Å². The van der Waals surface area contributed by atoms with Crippen molar-refractivity contribution in [2.24, 2.45) is 0 Å². The maximum absolute atomic E-state index is 13.8. The fourth-order valence-electron chi connectivity index (χ4n) is 4.79. The van der Waals surface area contributed by atoms with Gasteiger partial charge in [0.25, 0.3) is 0 Å². The number of carbonyl (C=O) groups excluding carboxylic acids is 2. The number of rotatable bonds is 12. The van der Waals surface area contributed by atoms with Crippen molar-refractivity contribution in [3.05, 3.63) is 113 Å². The van der Waals surface area contributed by atoms with Crippen molar-refractivity contribution >= 4 is 33.4 Å². The van der Waals surface area contributed by atoms with Gasteiger partial charge in [-0.05, 0) is 60.2 Å². The van der Waals surface area contributed by atoms with Crippen LogP contribution in [0.3, 0.4) is 0 Å². The number of nitrogens with one attached hydrogen (secondary N) is 1. The van der Waals surface area contributed by atoms with Crippen LogP contribution in [0.1, 0.15) is 42.0 Å². The number of aryl methyl sites for hydroxylation is 1. The largest absolute Gasteiger partial charge is 0.351 e. The van der Waals surface area contributed by atoms with E-state index in [9.17, 15) is 18.0 Å². The van der Waals surface area contributed by atoms with Crippen LogP contribution < -0.4 is 5.32 Å². The highest BCUT2D eigenvalue weighted by atomic mass is 35.5. The summed E-state index contributed by atoms with van der Waals surface area (Å²) in [5, 5.41) is 3.43. The van der Waals surface area contributed by atoms with Gasteiger partial charge in [0.05, 0.1) is 4.90 Å². The van der Waals surface area contributed by atoms with E-state index < -0.39 is 16.1 Å². The summed E-state index contributed by atoms with van der Waals surface area (Å²) in [7, 11) is -3.50. The summed E-state index contributed by atoms with van der Waals surface area (Å²) in [6.45, 7) is 5.26. The molecule has 1 aliphatic heterocycles. The van der Waals surface area contributed by atoms with Crippen LogP contribution >= 0.6 is 11.6 Å².